The Morgan fingerprint density at radius 3 is 2.45 bits per heavy atom. The van der Waals surface area contributed by atoms with Crippen molar-refractivity contribution in [2.75, 3.05) is 39.3 Å². The van der Waals surface area contributed by atoms with E-state index in [0.29, 0.717) is 38.0 Å². The lowest BCUT2D eigenvalue weighted by Gasteiger charge is -2.37. The summed E-state index contributed by atoms with van der Waals surface area (Å²) in [5, 5.41) is 3.34. The molecular formula is C14H29N3O2S. The van der Waals surface area contributed by atoms with E-state index in [0.717, 1.165) is 38.8 Å². The number of rotatable bonds is 5. The monoisotopic (exact) mass is 303 g/mol. The summed E-state index contributed by atoms with van der Waals surface area (Å²) in [6.45, 7) is 8.94. The molecule has 2 aliphatic rings. The second-order valence-corrected chi connectivity index (χ2v) is 8.19. The molecule has 1 atom stereocenters. The Kier molecular flexibility index (Phi) is 5.84. The van der Waals surface area contributed by atoms with Gasteiger partial charge in [0.15, 0.2) is 0 Å². The highest BCUT2D eigenvalue weighted by molar-refractivity contribution is 7.86. The van der Waals surface area contributed by atoms with E-state index in [-0.39, 0.29) is 0 Å². The van der Waals surface area contributed by atoms with Crippen LogP contribution in [0.4, 0.5) is 0 Å². The van der Waals surface area contributed by atoms with Crippen LogP contribution in [0.5, 0.6) is 0 Å². The van der Waals surface area contributed by atoms with Crippen LogP contribution >= 0.6 is 0 Å². The van der Waals surface area contributed by atoms with Gasteiger partial charge in [-0.15, -0.1) is 0 Å². The van der Waals surface area contributed by atoms with Crippen molar-refractivity contribution < 1.29 is 8.42 Å². The van der Waals surface area contributed by atoms with Gasteiger partial charge in [-0.3, -0.25) is 0 Å². The topological polar surface area (TPSA) is 52.7 Å². The molecule has 2 aliphatic heterocycles. The Morgan fingerprint density at radius 2 is 1.80 bits per heavy atom. The predicted molar refractivity (Wildman–Crippen MR) is 81.7 cm³/mol. The second-order valence-electron chi connectivity index (χ2n) is 6.26. The van der Waals surface area contributed by atoms with Crippen LogP contribution < -0.4 is 5.32 Å². The third-order valence-electron chi connectivity index (χ3n) is 4.56. The van der Waals surface area contributed by atoms with Crippen LogP contribution in [-0.2, 0) is 10.2 Å². The third-order valence-corrected chi connectivity index (χ3v) is 6.56. The highest BCUT2D eigenvalue weighted by Gasteiger charge is 2.34. The number of hydrogen-bond donors (Lipinski definition) is 1. The number of piperidine rings is 2. The predicted octanol–water partition coefficient (Wildman–Crippen LogP) is 1.28. The van der Waals surface area contributed by atoms with E-state index in [9.17, 15) is 8.42 Å². The Labute approximate surface area is 123 Å². The second kappa shape index (κ2) is 7.20. The summed E-state index contributed by atoms with van der Waals surface area (Å²) in [6, 6.07) is 0. The molecule has 2 saturated heterocycles. The zero-order chi connectivity index (χ0) is 14.6. The van der Waals surface area contributed by atoms with Crippen molar-refractivity contribution in [2.24, 2.45) is 11.8 Å². The van der Waals surface area contributed by atoms with Gasteiger partial charge in [0.2, 0.25) is 0 Å². The van der Waals surface area contributed by atoms with Crippen LogP contribution in [0, 0.1) is 11.8 Å². The molecular weight excluding hydrogens is 274 g/mol. The fraction of sp³-hybridized carbons (Fsp3) is 1.00. The quantitative estimate of drug-likeness (QED) is 0.832. The molecule has 0 aromatic heterocycles. The maximum absolute atomic E-state index is 12.7. The molecule has 0 aliphatic carbocycles. The molecule has 6 heteroatoms. The summed E-state index contributed by atoms with van der Waals surface area (Å²) >= 11 is 0. The van der Waals surface area contributed by atoms with Crippen molar-refractivity contribution in [3.8, 4) is 0 Å². The molecule has 2 rings (SSSR count). The molecule has 2 heterocycles. The van der Waals surface area contributed by atoms with Crippen LogP contribution in [0.15, 0.2) is 0 Å². The van der Waals surface area contributed by atoms with Gasteiger partial charge in [-0.2, -0.15) is 17.0 Å². The zero-order valence-electron chi connectivity index (χ0n) is 12.8. The van der Waals surface area contributed by atoms with E-state index >= 15 is 0 Å². The van der Waals surface area contributed by atoms with Crippen molar-refractivity contribution in [3.05, 3.63) is 0 Å². The fourth-order valence-corrected chi connectivity index (χ4v) is 4.89. The Morgan fingerprint density at radius 1 is 1.10 bits per heavy atom. The molecule has 0 amide bonds. The number of nitrogens with one attached hydrogen (secondary N) is 1. The van der Waals surface area contributed by atoms with Crippen LogP contribution in [0.2, 0.25) is 0 Å². The van der Waals surface area contributed by atoms with Gasteiger partial charge in [-0.25, -0.2) is 0 Å². The van der Waals surface area contributed by atoms with Gasteiger partial charge in [0.05, 0.1) is 0 Å². The van der Waals surface area contributed by atoms with Gasteiger partial charge in [0.1, 0.15) is 0 Å². The van der Waals surface area contributed by atoms with Gasteiger partial charge in [0, 0.05) is 26.2 Å². The van der Waals surface area contributed by atoms with Crippen molar-refractivity contribution in [2.45, 2.75) is 39.5 Å². The van der Waals surface area contributed by atoms with Crippen LogP contribution in [0.1, 0.15) is 39.5 Å². The average molecular weight is 303 g/mol. The standard InChI is InChI=1S/C14H29N3O2S/c1-3-15-11-14-5-4-8-17(12-14)20(18,19)16-9-6-13(2)7-10-16/h13-15H,3-12H2,1-2H3. The smallest absolute Gasteiger partial charge is 0.281 e. The molecule has 2 fully saturated rings. The molecule has 0 aromatic rings. The minimum absolute atomic E-state index is 0.460. The van der Waals surface area contributed by atoms with Gasteiger partial charge in [-0.05, 0) is 50.6 Å². The van der Waals surface area contributed by atoms with Crippen molar-refractivity contribution >= 4 is 10.2 Å². The van der Waals surface area contributed by atoms with Crippen LogP contribution in [-0.4, -0.2) is 56.3 Å². The maximum Gasteiger partial charge on any atom is 0.281 e. The Bertz CT molecular complexity index is 391. The highest BCUT2D eigenvalue weighted by atomic mass is 32.2. The van der Waals surface area contributed by atoms with Gasteiger partial charge >= 0.3 is 0 Å². The number of hydrogen-bond acceptors (Lipinski definition) is 3. The first kappa shape index (κ1) is 16.2. The fourth-order valence-electron chi connectivity index (χ4n) is 3.13. The summed E-state index contributed by atoms with van der Waals surface area (Å²) in [4.78, 5) is 0. The normalized spacial score (nSPS) is 27.8. The summed E-state index contributed by atoms with van der Waals surface area (Å²) < 4.78 is 28.8. The lowest BCUT2D eigenvalue weighted by atomic mass is 10.00. The van der Waals surface area contributed by atoms with E-state index in [1.165, 1.54) is 0 Å². The lowest BCUT2D eigenvalue weighted by Crippen LogP contribution is -2.51. The molecule has 0 saturated carbocycles. The van der Waals surface area contributed by atoms with E-state index < -0.39 is 10.2 Å². The largest absolute Gasteiger partial charge is 0.317 e. The van der Waals surface area contributed by atoms with Gasteiger partial charge < -0.3 is 5.32 Å². The van der Waals surface area contributed by atoms with Crippen LogP contribution in [0.3, 0.4) is 0 Å². The van der Waals surface area contributed by atoms with Gasteiger partial charge in [-0.1, -0.05) is 13.8 Å². The van der Waals surface area contributed by atoms with Gasteiger partial charge in [0.25, 0.3) is 10.2 Å². The number of nitrogens with zero attached hydrogens (tertiary/aromatic N) is 2. The Hall–Kier alpha value is -0.170. The minimum atomic E-state index is -3.23. The third kappa shape index (κ3) is 3.93. The summed E-state index contributed by atoms with van der Waals surface area (Å²) in [5.41, 5.74) is 0. The average Bonchev–Trinajstić information content (AvgIpc) is 2.46. The molecule has 0 aromatic carbocycles. The van der Waals surface area contributed by atoms with E-state index in [2.05, 4.69) is 19.2 Å². The molecule has 0 spiro atoms. The first-order valence-electron chi connectivity index (χ1n) is 8.00. The van der Waals surface area contributed by atoms with E-state index in [1.54, 1.807) is 8.61 Å². The van der Waals surface area contributed by atoms with E-state index in [1.807, 2.05) is 0 Å². The maximum atomic E-state index is 12.7. The van der Waals surface area contributed by atoms with Crippen molar-refractivity contribution in [3.63, 3.8) is 0 Å². The molecule has 5 nitrogen and oxygen atoms in total. The van der Waals surface area contributed by atoms with Crippen molar-refractivity contribution in [1.82, 2.24) is 13.9 Å². The lowest BCUT2D eigenvalue weighted by molar-refractivity contribution is 0.224. The molecule has 118 valence electrons. The highest BCUT2D eigenvalue weighted by Crippen LogP contribution is 2.24. The summed E-state index contributed by atoms with van der Waals surface area (Å²) in [5.74, 6) is 1.12. The summed E-state index contributed by atoms with van der Waals surface area (Å²) in [6.07, 6.45) is 4.11. The molecule has 1 N–H and O–H groups in total. The van der Waals surface area contributed by atoms with Crippen molar-refractivity contribution in [1.29, 1.82) is 0 Å². The SMILES string of the molecule is CCNCC1CCCN(S(=O)(=O)N2CCC(C)CC2)C1. The minimum Gasteiger partial charge on any atom is -0.317 e. The molecule has 0 radical (unpaired) electrons. The molecule has 20 heavy (non-hydrogen) atoms. The molecule has 1 unspecified atom stereocenters. The van der Waals surface area contributed by atoms with Crippen LogP contribution in [0.25, 0.3) is 0 Å². The summed E-state index contributed by atoms with van der Waals surface area (Å²) in [7, 11) is -3.23. The molecule has 0 bridgehead atoms. The Balaban J connectivity index is 1.94. The zero-order valence-corrected chi connectivity index (χ0v) is 13.7. The first-order chi connectivity index (χ1) is 9.54. The first-order valence-corrected chi connectivity index (χ1v) is 9.39. The van der Waals surface area contributed by atoms with E-state index in [4.69, 9.17) is 0 Å².